The summed E-state index contributed by atoms with van der Waals surface area (Å²) in [5.74, 6) is 0.0505. The van der Waals surface area contributed by atoms with Gasteiger partial charge in [-0.2, -0.15) is 0 Å². The molecule has 2 N–H and O–H groups in total. The monoisotopic (exact) mass is 459 g/mol. The van der Waals surface area contributed by atoms with Crippen molar-refractivity contribution in [1.82, 2.24) is 10.2 Å². The Morgan fingerprint density at radius 1 is 0.969 bits per heavy atom. The second kappa shape index (κ2) is 15.5. The van der Waals surface area contributed by atoms with Crippen LogP contribution in [-0.4, -0.2) is 21.2 Å². The molecule has 7 nitrogen and oxygen atoms in total. The van der Waals surface area contributed by atoms with Crippen molar-refractivity contribution in [2.75, 3.05) is 5.32 Å². The number of phenolic OH excluding ortho intramolecular Hbond substituents is 1. The number of nitrogens with zero attached hydrogens (tertiary/aromatic N) is 4. The van der Waals surface area contributed by atoms with Gasteiger partial charge in [-0.3, -0.25) is 4.79 Å². The molecule has 2 rings (SSSR count). The summed E-state index contributed by atoms with van der Waals surface area (Å²) in [4.78, 5) is 12.5. The second-order valence-corrected chi connectivity index (χ2v) is 8.96. The fourth-order valence-electron chi connectivity index (χ4n) is 3.53. The molecule has 8 heteroatoms. The fourth-order valence-corrected chi connectivity index (χ4v) is 3.90. The van der Waals surface area contributed by atoms with Gasteiger partial charge in [-0.15, -0.1) is 20.4 Å². The number of hydrogen-bond donors (Lipinski definition) is 2. The van der Waals surface area contributed by atoms with E-state index in [0.29, 0.717) is 22.9 Å². The number of aryl methyl sites for hydroxylation is 1. The van der Waals surface area contributed by atoms with Crippen molar-refractivity contribution in [2.45, 2.75) is 97.3 Å². The van der Waals surface area contributed by atoms with E-state index in [1.54, 1.807) is 11.6 Å². The number of nitrogens with one attached hydrogen (secondary N) is 1. The van der Waals surface area contributed by atoms with E-state index in [0.717, 1.165) is 44.1 Å². The van der Waals surface area contributed by atoms with Crippen molar-refractivity contribution in [1.29, 1.82) is 0 Å². The van der Waals surface area contributed by atoms with Gasteiger partial charge in [0.1, 0.15) is 11.3 Å². The molecule has 0 radical (unpaired) electrons. The Morgan fingerprint density at radius 2 is 1.66 bits per heavy atom. The van der Waals surface area contributed by atoms with Crippen molar-refractivity contribution < 1.29 is 9.90 Å². The van der Waals surface area contributed by atoms with Crippen LogP contribution in [0.1, 0.15) is 96.5 Å². The summed E-state index contributed by atoms with van der Waals surface area (Å²) in [5.41, 5.74) is 3.36. The number of unbranched alkanes of at least 4 members (excludes halogenated alkanes) is 9. The molecule has 0 aliphatic rings. The lowest BCUT2D eigenvalue weighted by atomic mass is 10.0. The molecule has 32 heavy (non-hydrogen) atoms. The van der Waals surface area contributed by atoms with Crippen LogP contribution < -0.4 is 5.32 Å². The maximum absolute atomic E-state index is 12.5. The minimum atomic E-state index is -0.0806. The van der Waals surface area contributed by atoms with Crippen LogP contribution in [0.5, 0.6) is 5.75 Å². The highest BCUT2D eigenvalue weighted by atomic mass is 32.1. The van der Waals surface area contributed by atoms with Crippen molar-refractivity contribution in [3.8, 4) is 5.75 Å². The third kappa shape index (κ3) is 9.85. The van der Waals surface area contributed by atoms with Gasteiger partial charge < -0.3 is 10.4 Å². The molecule has 0 saturated carbocycles. The lowest BCUT2D eigenvalue weighted by Gasteiger charge is -2.13. The largest absolute Gasteiger partial charge is 0.505 e. The molecule has 0 bridgehead atoms. The Bertz CT molecular complexity index is 824. The summed E-state index contributed by atoms with van der Waals surface area (Å²) in [5, 5.41) is 30.1. The minimum Gasteiger partial charge on any atom is -0.505 e. The molecule has 0 spiro atoms. The van der Waals surface area contributed by atoms with E-state index in [2.05, 4.69) is 39.6 Å². The van der Waals surface area contributed by atoms with Crippen LogP contribution in [0.4, 0.5) is 16.5 Å². The third-order valence-corrected chi connectivity index (χ3v) is 5.93. The van der Waals surface area contributed by atoms with Gasteiger partial charge in [0.2, 0.25) is 5.91 Å². The van der Waals surface area contributed by atoms with E-state index in [-0.39, 0.29) is 11.7 Å². The zero-order valence-corrected chi connectivity index (χ0v) is 20.3. The van der Waals surface area contributed by atoms with E-state index in [9.17, 15) is 9.90 Å². The minimum absolute atomic E-state index is 0.0806. The van der Waals surface area contributed by atoms with E-state index >= 15 is 0 Å². The highest BCUT2D eigenvalue weighted by molar-refractivity contribution is 7.13. The zero-order chi connectivity index (χ0) is 23.0. The Balaban J connectivity index is 2.03. The number of phenols is 1. The Morgan fingerprint density at radius 3 is 2.34 bits per heavy atom. The van der Waals surface area contributed by atoms with Gasteiger partial charge in [0.25, 0.3) is 5.13 Å². The molecule has 2 aromatic rings. The van der Waals surface area contributed by atoms with Gasteiger partial charge in [-0.05, 0) is 37.0 Å². The summed E-state index contributed by atoms with van der Waals surface area (Å²) in [7, 11) is 0. The van der Waals surface area contributed by atoms with Gasteiger partial charge in [0.15, 0.2) is 0 Å². The van der Waals surface area contributed by atoms with Gasteiger partial charge in [-0.25, -0.2) is 0 Å². The molecule has 0 aliphatic heterocycles. The quantitative estimate of drug-likeness (QED) is 0.151. The SMILES string of the molecule is CCCCCCCCC(=O)Nc1cc(N=Nc2nncs2)cc(CCCCCCC)c1O. The van der Waals surface area contributed by atoms with E-state index in [1.807, 2.05) is 6.07 Å². The first-order chi connectivity index (χ1) is 15.6. The first-order valence-electron chi connectivity index (χ1n) is 12.0. The second-order valence-electron chi connectivity index (χ2n) is 8.15. The smallest absolute Gasteiger partial charge is 0.251 e. The number of rotatable bonds is 16. The normalized spacial score (nSPS) is 11.3. The maximum Gasteiger partial charge on any atom is 0.251 e. The van der Waals surface area contributed by atoms with E-state index in [1.165, 1.54) is 49.9 Å². The number of aromatic nitrogens is 2. The Hall–Kier alpha value is -2.35. The lowest BCUT2D eigenvalue weighted by molar-refractivity contribution is -0.116. The van der Waals surface area contributed by atoms with Gasteiger partial charge in [0, 0.05) is 6.42 Å². The van der Waals surface area contributed by atoms with Gasteiger partial charge in [0.05, 0.1) is 11.4 Å². The highest BCUT2D eigenvalue weighted by Crippen LogP contribution is 2.35. The highest BCUT2D eigenvalue weighted by Gasteiger charge is 2.13. The molecule has 0 unspecified atom stereocenters. The predicted molar refractivity (Wildman–Crippen MR) is 131 cm³/mol. The van der Waals surface area contributed by atoms with Crippen LogP contribution in [0.25, 0.3) is 0 Å². The fraction of sp³-hybridized carbons (Fsp3) is 0.625. The van der Waals surface area contributed by atoms with E-state index in [4.69, 9.17) is 0 Å². The number of carbonyl (C=O) groups excluding carboxylic acids is 1. The summed E-state index contributed by atoms with van der Waals surface area (Å²) in [6.45, 7) is 4.39. The molecule has 176 valence electrons. The molecule has 0 saturated heterocycles. The zero-order valence-electron chi connectivity index (χ0n) is 19.5. The average Bonchev–Trinajstić information content (AvgIpc) is 3.31. The maximum atomic E-state index is 12.5. The molecular weight excluding hydrogens is 422 g/mol. The number of amides is 1. The summed E-state index contributed by atoms with van der Waals surface area (Å²) in [6.07, 6.45) is 13.7. The number of carbonyl (C=O) groups is 1. The van der Waals surface area contributed by atoms with Crippen molar-refractivity contribution >= 4 is 33.8 Å². The Labute approximate surface area is 195 Å². The van der Waals surface area contributed by atoms with E-state index < -0.39 is 0 Å². The predicted octanol–water partition coefficient (Wildman–Crippen LogP) is 7.86. The van der Waals surface area contributed by atoms with Crippen molar-refractivity contribution in [3.05, 3.63) is 23.2 Å². The molecule has 1 aromatic heterocycles. The topological polar surface area (TPSA) is 99.8 Å². The first-order valence-corrected chi connectivity index (χ1v) is 12.9. The first kappa shape index (κ1) is 25.9. The van der Waals surface area contributed by atoms with Crippen molar-refractivity contribution in [2.24, 2.45) is 10.2 Å². The molecule has 0 fully saturated rings. The standard InChI is InChI=1S/C24H37N5O2S/c1-3-5-7-9-11-13-15-22(30)26-21-17-20(27-29-24-28-25-18-32-24)16-19(23(21)31)14-12-10-8-6-4-2/h16-18,31H,3-15H2,1-2H3,(H,26,30). The lowest BCUT2D eigenvalue weighted by Crippen LogP contribution is -2.11. The summed E-state index contributed by atoms with van der Waals surface area (Å²) in [6, 6.07) is 3.50. The molecule has 1 aromatic carbocycles. The number of azo groups is 1. The molecular formula is C24H37N5O2S. The average molecular weight is 460 g/mol. The molecule has 0 atom stereocenters. The van der Waals surface area contributed by atoms with Crippen LogP contribution >= 0.6 is 11.3 Å². The van der Waals surface area contributed by atoms with Gasteiger partial charge in [-0.1, -0.05) is 83.0 Å². The van der Waals surface area contributed by atoms with Gasteiger partial charge >= 0.3 is 0 Å². The molecule has 1 heterocycles. The summed E-state index contributed by atoms with van der Waals surface area (Å²) < 4.78 is 0. The number of aromatic hydroxyl groups is 1. The third-order valence-electron chi connectivity index (χ3n) is 5.35. The van der Waals surface area contributed by atoms with Crippen molar-refractivity contribution in [3.63, 3.8) is 0 Å². The molecule has 0 aliphatic carbocycles. The van der Waals surface area contributed by atoms with Crippen LogP contribution in [0.2, 0.25) is 0 Å². The number of hydrogen-bond acceptors (Lipinski definition) is 7. The van der Waals surface area contributed by atoms with Crippen LogP contribution in [0.3, 0.4) is 0 Å². The van der Waals surface area contributed by atoms with Crippen LogP contribution in [0, 0.1) is 0 Å². The number of benzene rings is 1. The Kier molecular flexibility index (Phi) is 12.5. The number of anilines is 1. The molecule has 1 amide bonds. The summed E-state index contributed by atoms with van der Waals surface area (Å²) >= 11 is 1.30. The van der Waals surface area contributed by atoms with Crippen LogP contribution in [-0.2, 0) is 11.2 Å². The van der Waals surface area contributed by atoms with Crippen LogP contribution in [0.15, 0.2) is 27.9 Å².